The maximum absolute atomic E-state index is 12.0. The zero-order chi connectivity index (χ0) is 13.1. The number of aromatic nitrogens is 3. The van der Waals surface area contributed by atoms with Crippen molar-refractivity contribution < 1.29 is 4.79 Å². The molecule has 0 aliphatic carbocycles. The minimum absolute atomic E-state index is 0.0458. The van der Waals surface area contributed by atoms with Gasteiger partial charge >= 0.3 is 0 Å². The Labute approximate surface area is 109 Å². The molecule has 1 heterocycles. The first-order valence-corrected chi connectivity index (χ1v) is 5.62. The third-order valence-corrected chi connectivity index (χ3v) is 2.79. The van der Waals surface area contributed by atoms with Crippen LogP contribution in [0.1, 0.15) is 16.2 Å². The largest absolute Gasteiger partial charge is 0.366 e. The molecule has 0 atom stereocenters. The highest BCUT2D eigenvalue weighted by atomic mass is 35.5. The summed E-state index contributed by atoms with van der Waals surface area (Å²) in [5, 5.41) is 6.71. The lowest BCUT2D eigenvalue weighted by Gasteiger charge is -2.16. The number of amides is 1. The van der Waals surface area contributed by atoms with Gasteiger partial charge in [-0.15, -0.1) is 5.10 Å². The Bertz CT molecular complexity index is 568. The summed E-state index contributed by atoms with van der Waals surface area (Å²) in [5.74, 6) is -0.134. The zero-order valence-corrected chi connectivity index (χ0v) is 10.5. The maximum atomic E-state index is 12.0. The van der Waals surface area contributed by atoms with Crippen LogP contribution in [-0.4, -0.2) is 33.0 Å². The van der Waals surface area contributed by atoms with Crippen LogP contribution < -0.4 is 5.73 Å². The Morgan fingerprint density at radius 2 is 2.22 bits per heavy atom. The number of nitrogens with one attached hydrogen (secondary N) is 1. The van der Waals surface area contributed by atoms with Gasteiger partial charge in [-0.25, -0.2) is 0 Å². The van der Waals surface area contributed by atoms with Gasteiger partial charge < -0.3 is 10.6 Å². The van der Waals surface area contributed by atoms with Crippen LogP contribution >= 0.6 is 11.6 Å². The second kappa shape index (κ2) is 5.05. The third kappa shape index (κ3) is 2.60. The topological polar surface area (TPSA) is 87.9 Å². The Hall–Kier alpha value is -2.08. The molecule has 1 aromatic carbocycles. The number of carbonyl (C=O) groups is 1. The zero-order valence-electron chi connectivity index (χ0n) is 9.72. The van der Waals surface area contributed by atoms with Crippen molar-refractivity contribution >= 4 is 23.5 Å². The number of anilines is 1. The molecule has 0 saturated heterocycles. The van der Waals surface area contributed by atoms with Gasteiger partial charge in [-0.2, -0.15) is 4.98 Å². The number of aromatic amines is 1. The first-order valence-electron chi connectivity index (χ1n) is 5.24. The van der Waals surface area contributed by atoms with Crippen LogP contribution in [0, 0.1) is 0 Å². The van der Waals surface area contributed by atoms with Crippen molar-refractivity contribution in [3.8, 4) is 0 Å². The average molecular weight is 266 g/mol. The van der Waals surface area contributed by atoms with Gasteiger partial charge in [0.05, 0.1) is 0 Å². The number of rotatable bonds is 3. The molecule has 94 valence electrons. The van der Waals surface area contributed by atoms with Crippen LogP contribution in [-0.2, 0) is 6.54 Å². The predicted molar refractivity (Wildman–Crippen MR) is 68.0 cm³/mol. The molecule has 3 N–H and O–H groups in total. The van der Waals surface area contributed by atoms with Gasteiger partial charge in [-0.3, -0.25) is 9.89 Å². The fraction of sp³-hybridized carbons (Fsp3) is 0.182. The fourth-order valence-electron chi connectivity index (χ4n) is 1.51. The Kier molecular flexibility index (Phi) is 3.47. The standard InChI is InChI=1S/C11H12ClN5O/c1-17(6-7-4-2-3-5-8(7)12)10(18)9-14-11(13)16-15-9/h2-5H,6H2,1H3,(H3,13,14,15,16). The summed E-state index contributed by atoms with van der Waals surface area (Å²) in [6, 6.07) is 7.35. The molecule has 0 spiro atoms. The summed E-state index contributed by atoms with van der Waals surface area (Å²) in [7, 11) is 1.66. The smallest absolute Gasteiger partial charge is 0.291 e. The quantitative estimate of drug-likeness (QED) is 0.876. The molecule has 6 nitrogen and oxygen atoms in total. The molecule has 2 rings (SSSR count). The van der Waals surface area contributed by atoms with Crippen molar-refractivity contribution in [3.63, 3.8) is 0 Å². The van der Waals surface area contributed by atoms with Crippen LogP contribution in [0.2, 0.25) is 5.02 Å². The van der Waals surface area contributed by atoms with Gasteiger partial charge in [0.15, 0.2) is 0 Å². The molecular formula is C11H12ClN5O. The Morgan fingerprint density at radius 3 is 2.83 bits per heavy atom. The van der Waals surface area contributed by atoms with Crippen LogP contribution in [0.5, 0.6) is 0 Å². The van der Waals surface area contributed by atoms with Gasteiger partial charge in [-0.05, 0) is 11.6 Å². The predicted octanol–water partition coefficient (Wildman–Crippen LogP) is 1.31. The number of nitrogen functional groups attached to an aromatic ring is 1. The molecular weight excluding hydrogens is 254 g/mol. The molecule has 0 fully saturated rings. The van der Waals surface area contributed by atoms with E-state index in [4.69, 9.17) is 17.3 Å². The van der Waals surface area contributed by atoms with Gasteiger partial charge in [-0.1, -0.05) is 29.8 Å². The highest BCUT2D eigenvalue weighted by Crippen LogP contribution is 2.16. The molecule has 2 aromatic rings. The van der Waals surface area contributed by atoms with Gasteiger partial charge in [0.2, 0.25) is 11.8 Å². The maximum Gasteiger partial charge on any atom is 0.291 e. The molecule has 0 radical (unpaired) electrons. The van der Waals surface area contributed by atoms with E-state index in [0.717, 1.165) is 5.56 Å². The second-order valence-corrected chi connectivity index (χ2v) is 4.20. The van der Waals surface area contributed by atoms with Gasteiger partial charge in [0.25, 0.3) is 5.91 Å². The van der Waals surface area contributed by atoms with E-state index in [-0.39, 0.29) is 17.7 Å². The fourth-order valence-corrected chi connectivity index (χ4v) is 1.70. The average Bonchev–Trinajstić information content (AvgIpc) is 2.78. The van der Waals surface area contributed by atoms with E-state index >= 15 is 0 Å². The van der Waals surface area contributed by atoms with Crippen LogP contribution in [0.3, 0.4) is 0 Å². The number of nitrogens with zero attached hydrogens (tertiary/aromatic N) is 3. The second-order valence-electron chi connectivity index (χ2n) is 3.79. The molecule has 0 aliphatic rings. The van der Waals surface area contributed by atoms with Crippen LogP contribution in [0.4, 0.5) is 5.95 Å². The number of halogens is 1. The third-order valence-electron chi connectivity index (χ3n) is 2.42. The van der Waals surface area contributed by atoms with Gasteiger partial charge in [0.1, 0.15) is 0 Å². The van der Waals surface area contributed by atoms with E-state index in [9.17, 15) is 4.79 Å². The molecule has 1 amide bonds. The normalized spacial score (nSPS) is 10.3. The SMILES string of the molecule is CN(Cc1ccccc1Cl)C(=O)c1nc(N)n[nH]1. The number of carbonyl (C=O) groups excluding carboxylic acids is 1. The van der Waals surface area contributed by atoms with Crippen LogP contribution in [0.25, 0.3) is 0 Å². The van der Waals surface area contributed by atoms with Crippen molar-refractivity contribution in [2.45, 2.75) is 6.54 Å². The van der Waals surface area contributed by atoms with E-state index in [0.29, 0.717) is 11.6 Å². The summed E-state index contributed by atoms with van der Waals surface area (Å²) < 4.78 is 0. The minimum Gasteiger partial charge on any atom is -0.366 e. The Morgan fingerprint density at radius 1 is 1.50 bits per heavy atom. The lowest BCUT2D eigenvalue weighted by molar-refractivity contribution is 0.0773. The van der Waals surface area contributed by atoms with Crippen molar-refractivity contribution in [2.75, 3.05) is 12.8 Å². The summed E-state index contributed by atoms with van der Waals surface area (Å²) in [5.41, 5.74) is 6.21. The molecule has 0 saturated carbocycles. The molecule has 1 aromatic heterocycles. The highest BCUT2D eigenvalue weighted by Gasteiger charge is 2.16. The molecule has 7 heteroatoms. The minimum atomic E-state index is -0.292. The number of hydrogen-bond acceptors (Lipinski definition) is 4. The summed E-state index contributed by atoms with van der Waals surface area (Å²) >= 11 is 6.03. The lowest BCUT2D eigenvalue weighted by Crippen LogP contribution is -2.27. The number of hydrogen-bond donors (Lipinski definition) is 2. The molecule has 0 unspecified atom stereocenters. The van der Waals surface area contributed by atoms with E-state index in [1.165, 1.54) is 4.90 Å². The number of H-pyrrole nitrogens is 1. The summed E-state index contributed by atoms with van der Waals surface area (Å²) in [6.45, 7) is 0.388. The highest BCUT2D eigenvalue weighted by molar-refractivity contribution is 6.31. The Balaban J connectivity index is 2.11. The first kappa shape index (κ1) is 12.4. The first-order chi connectivity index (χ1) is 8.58. The van der Waals surface area contributed by atoms with Crippen molar-refractivity contribution in [2.24, 2.45) is 0 Å². The van der Waals surface area contributed by atoms with E-state index in [1.807, 2.05) is 18.2 Å². The summed E-state index contributed by atoms with van der Waals surface area (Å²) in [4.78, 5) is 17.2. The molecule has 18 heavy (non-hydrogen) atoms. The number of nitrogens with two attached hydrogens (primary N) is 1. The van der Waals surface area contributed by atoms with E-state index < -0.39 is 0 Å². The van der Waals surface area contributed by atoms with E-state index in [2.05, 4.69) is 15.2 Å². The number of benzene rings is 1. The van der Waals surface area contributed by atoms with Gasteiger partial charge in [0, 0.05) is 18.6 Å². The van der Waals surface area contributed by atoms with Crippen LogP contribution in [0.15, 0.2) is 24.3 Å². The van der Waals surface area contributed by atoms with E-state index in [1.54, 1.807) is 13.1 Å². The van der Waals surface area contributed by atoms with Crippen molar-refractivity contribution in [1.29, 1.82) is 0 Å². The van der Waals surface area contributed by atoms with Crippen molar-refractivity contribution in [3.05, 3.63) is 40.7 Å². The molecule has 0 bridgehead atoms. The summed E-state index contributed by atoms with van der Waals surface area (Å²) in [6.07, 6.45) is 0. The lowest BCUT2D eigenvalue weighted by atomic mass is 10.2. The van der Waals surface area contributed by atoms with Crippen molar-refractivity contribution in [1.82, 2.24) is 20.1 Å². The molecule has 0 aliphatic heterocycles. The monoisotopic (exact) mass is 265 g/mol.